The number of methoxy groups -OCH3 is 2. The number of nitrogens with zero attached hydrogens (tertiary/aromatic N) is 3. The second-order valence-electron chi connectivity index (χ2n) is 7.90. The van der Waals surface area contributed by atoms with Crippen molar-refractivity contribution in [2.24, 2.45) is 0 Å². The molecule has 1 spiro atoms. The van der Waals surface area contributed by atoms with Crippen LogP contribution in [0, 0.1) is 0 Å². The molecule has 1 fully saturated rings. The minimum atomic E-state index is -0.947. The van der Waals surface area contributed by atoms with Crippen LogP contribution in [0.4, 0.5) is 5.95 Å². The summed E-state index contributed by atoms with van der Waals surface area (Å²) in [5, 5.41) is 11.4. The van der Waals surface area contributed by atoms with Crippen molar-refractivity contribution < 1.29 is 24.1 Å². The Hall–Kier alpha value is -2.91. The van der Waals surface area contributed by atoms with Crippen LogP contribution in [0.3, 0.4) is 0 Å². The summed E-state index contributed by atoms with van der Waals surface area (Å²) in [6.45, 7) is 3.04. The molecule has 0 saturated carbocycles. The number of carboxylic acid groups (broad SMARTS) is 1. The lowest BCUT2D eigenvalue weighted by Crippen LogP contribution is -2.46. The van der Waals surface area contributed by atoms with Crippen molar-refractivity contribution in [3.63, 3.8) is 0 Å². The van der Waals surface area contributed by atoms with Crippen LogP contribution in [0.2, 0.25) is 0 Å². The Morgan fingerprint density at radius 3 is 2.52 bits per heavy atom. The molecule has 3 heterocycles. The van der Waals surface area contributed by atoms with E-state index in [2.05, 4.69) is 32.3 Å². The molecule has 0 unspecified atom stereocenters. The fourth-order valence-corrected chi connectivity index (χ4v) is 4.41. The predicted molar refractivity (Wildman–Crippen MR) is 114 cm³/mol. The van der Waals surface area contributed by atoms with E-state index in [1.54, 1.807) is 26.6 Å². The van der Waals surface area contributed by atoms with Crippen LogP contribution < -0.4 is 14.8 Å². The zero-order chi connectivity index (χ0) is 21.8. The third-order valence-electron chi connectivity index (χ3n) is 6.02. The van der Waals surface area contributed by atoms with Crippen LogP contribution in [-0.2, 0) is 28.1 Å². The Morgan fingerprint density at radius 1 is 1.19 bits per heavy atom. The van der Waals surface area contributed by atoms with E-state index in [0.29, 0.717) is 12.6 Å². The second-order valence-corrected chi connectivity index (χ2v) is 7.90. The standard InChI is InChI=1S/C22H28N4O5/c1-29-18-9-16-3-8-31-22(17(16)10-19(18)30-2)4-6-26(7-5-22)14-15-11-23-21(24-12-15)25-13-20(27)28/h9-12H,3-8,13-14H2,1-2H3,(H,27,28)(H,23,24,25). The number of piperidine rings is 1. The molecule has 9 nitrogen and oxygen atoms in total. The van der Waals surface area contributed by atoms with Crippen molar-refractivity contribution >= 4 is 11.9 Å². The molecule has 0 radical (unpaired) electrons. The molecule has 1 saturated heterocycles. The van der Waals surface area contributed by atoms with E-state index >= 15 is 0 Å². The SMILES string of the molecule is COc1cc2c(cc1OC)C1(CCN(Cc3cnc(NCC(=O)O)nc3)CC1)OCC2. The highest BCUT2D eigenvalue weighted by atomic mass is 16.5. The number of rotatable bonds is 7. The monoisotopic (exact) mass is 428 g/mol. The number of aromatic nitrogens is 2. The first-order valence-electron chi connectivity index (χ1n) is 10.4. The van der Waals surface area contributed by atoms with Crippen LogP contribution in [0.25, 0.3) is 0 Å². The van der Waals surface area contributed by atoms with Crippen molar-refractivity contribution in [1.29, 1.82) is 0 Å². The van der Waals surface area contributed by atoms with E-state index in [0.717, 1.165) is 56.0 Å². The summed E-state index contributed by atoms with van der Waals surface area (Å²) in [6.07, 6.45) is 6.15. The van der Waals surface area contributed by atoms with E-state index in [4.69, 9.17) is 19.3 Å². The predicted octanol–water partition coefficient (Wildman–Crippen LogP) is 2.05. The van der Waals surface area contributed by atoms with Gasteiger partial charge in [0.15, 0.2) is 11.5 Å². The van der Waals surface area contributed by atoms with Gasteiger partial charge in [0.25, 0.3) is 0 Å². The molecule has 1 aromatic carbocycles. The molecule has 9 heteroatoms. The van der Waals surface area contributed by atoms with Gasteiger partial charge in [-0.05, 0) is 42.5 Å². The van der Waals surface area contributed by atoms with Gasteiger partial charge in [-0.2, -0.15) is 0 Å². The van der Waals surface area contributed by atoms with Crippen molar-refractivity contribution in [3.05, 3.63) is 41.2 Å². The van der Waals surface area contributed by atoms with Gasteiger partial charge in [-0.15, -0.1) is 0 Å². The molecule has 2 aliphatic heterocycles. The van der Waals surface area contributed by atoms with E-state index < -0.39 is 5.97 Å². The van der Waals surface area contributed by atoms with E-state index in [9.17, 15) is 4.79 Å². The number of likely N-dealkylation sites (tertiary alicyclic amines) is 1. The van der Waals surface area contributed by atoms with Gasteiger partial charge in [0.2, 0.25) is 5.95 Å². The van der Waals surface area contributed by atoms with Crippen molar-refractivity contribution in [2.75, 3.05) is 45.8 Å². The quantitative estimate of drug-likeness (QED) is 0.685. The first-order chi connectivity index (χ1) is 15.0. The molecule has 31 heavy (non-hydrogen) atoms. The topological polar surface area (TPSA) is 106 Å². The van der Waals surface area contributed by atoms with Gasteiger partial charge in [-0.1, -0.05) is 0 Å². The van der Waals surface area contributed by atoms with Gasteiger partial charge in [0.1, 0.15) is 6.54 Å². The van der Waals surface area contributed by atoms with Crippen LogP contribution in [-0.4, -0.2) is 66.4 Å². The van der Waals surface area contributed by atoms with E-state index in [1.807, 2.05) is 0 Å². The van der Waals surface area contributed by atoms with Gasteiger partial charge in [-0.3, -0.25) is 9.69 Å². The summed E-state index contributed by atoms with van der Waals surface area (Å²) in [7, 11) is 3.32. The molecule has 2 aliphatic rings. The summed E-state index contributed by atoms with van der Waals surface area (Å²) in [4.78, 5) is 21.4. The van der Waals surface area contributed by atoms with Crippen LogP contribution in [0.15, 0.2) is 24.5 Å². The lowest BCUT2D eigenvalue weighted by Gasteiger charge is -2.45. The fourth-order valence-electron chi connectivity index (χ4n) is 4.41. The molecule has 0 bridgehead atoms. The number of aliphatic carboxylic acids is 1. The first-order valence-corrected chi connectivity index (χ1v) is 10.4. The number of hydrogen-bond acceptors (Lipinski definition) is 8. The average molecular weight is 428 g/mol. The molecule has 166 valence electrons. The Labute approximate surface area is 181 Å². The lowest BCUT2D eigenvalue weighted by molar-refractivity contribution is -0.134. The summed E-state index contributed by atoms with van der Waals surface area (Å²) >= 11 is 0. The molecule has 0 atom stereocenters. The van der Waals surface area contributed by atoms with Gasteiger partial charge in [-0.25, -0.2) is 9.97 Å². The Balaban J connectivity index is 1.42. The van der Waals surface area contributed by atoms with Crippen LogP contribution in [0.5, 0.6) is 11.5 Å². The minimum Gasteiger partial charge on any atom is -0.493 e. The maximum absolute atomic E-state index is 10.6. The summed E-state index contributed by atoms with van der Waals surface area (Å²) in [5.74, 6) is 0.872. The molecule has 1 aromatic heterocycles. The zero-order valence-electron chi connectivity index (χ0n) is 17.9. The molecule has 4 rings (SSSR count). The summed E-state index contributed by atoms with van der Waals surface area (Å²) in [6, 6.07) is 4.17. The van der Waals surface area contributed by atoms with Gasteiger partial charge < -0.3 is 24.6 Å². The molecule has 0 amide bonds. The van der Waals surface area contributed by atoms with Gasteiger partial charge >= 0.3 is 5.97 Å². The number of benzene rings is 1. The van der Waals surface area contributed by atoms with Crippen molar-refractivity contribution in [1.82, 2.24) is 14.9 Å². The van der Waals surface area contributed by atoms with E-state index in [1.165, 1.54) is 11.1 Å². The first kappa shape index (κ1) is 21.3. The number of anilines is 1. The Bertz CT molecular complexity index is 926. The van der Waals surface area contributed by atoms with Crippen LogP contribution in [0.1, 0.15) is 29.5 Å². The molecular formula is C22H28N4O5. The Morgan fingerprint density at radius 2 is 1.87 bits per heavy atom. The average Bonchev–Trinajstić information content (AvgIpc) is 2.79. The highest BCUT2D eigenvalue weighted by Gasteiger charge is 2.41. The molecule has 2 aromatic rings. The molecule has 2 N–H and O–H groups in total. The second kappa shape index (κ2) is 9.07. The Kier molecular flexibility index (Phi) is 6.24. The number of carbonyl (C=O) groups is 1. The van der Waals surface area contributed by atoms with Gasteiger partial charge in [0, 0.05) is 37.6 Å². The van der Waals surface area contributed by atoms with Crippen molar-refractivity contribution in [2.45, 2.75) is 31.4 Å². The van der Waals surface area contributed by atoms with Gasteiger partial charge in [0.05, 0.1) is 26.4 Å². The fraction of sp³-hybridized carbons (Fsp3) is 0.500. The normalized spacial score (nSPS) is 17.7. The maximum atomic E-state index is 10.6. The number of fused-ring (bicyclic) bond motifs is 2. The number of carboxylic acids is 1. The van der Waals surface area contributed by atoms with E-state index in [-0.39, 0.29) is 12.1 Å². The number of nitrogens with one attached hydrogen (secondary N) is 1. The largest absolute Gasteiger partial charge is 0.493 e. The minimum absolute atomic E-state index is 0.203. The highest BCUT2D eigenvalue weighted by molar-refractivity contribution is 5.71. The smallest absolute Gasteiger partial charge is 0.322 e. The maximum Gasteiger partial charge on any atom is 0.322 e. The number of ether oxygens (including phenoxy) is 3. The van der Waals surface area contributed by atoms with Crippen LogP contribution >= 0.6 is 0 Å². The zero-order valence-corrected chi connectivity index (χ0v) is 17.9. The third-order valence-corrected chi connectivity index (χ3v) is 6.02. The summed E-state index contributed by atoms with van der Waals surface area (Å²) in [5.41, 5.74) is 3.20. The number of hydrogen-bond donors (Lipinski definition) is 2. The molecular weight excluding hydrogens is 400 g/mol. The summed E-state index contributed by atoms with van der Waals surface area (Å²) < 4.78 is 17.4. The van der Waals surface area contributed by atoms with Crippen molar-refractivity contribution in [3.8, 4) is 11.5 Å². The third kappa shape index (κ3) is 4.57. The lowest BCUT2D eigenvalue weighted by atomic mass is 9.79. The molecule has 0 aliphatic carbocycles. The highest BCUT2D eigenvalue weighted by Crippen LogP contribution is 2.45.